The smallest absolute Gasteiger partial charge is 0.237 e. The van der Waals surface area contributed by atoms with E-state index in [0.717, 1.165) is 22.6 Å². The second-order valence-electron chi connectivity index (χ2n) is 4.99. The van der Waals surface area contributed by atoms with Crippen molar-refractivity contribution < 1.29 is 9.90 Å². The zero-order chi connectivity index (χ0) is 15.8. The van der Waals surface area contributed by atoms with Crippen LogP contribution in [0.3, 0.4) is 0 Å². The van der Waals surface area contributed by atoms with Crippen molar-refractivity contribution in [1.82, 2.24) is 0 Å². The maximum absolute atomic E-state index is 12.4. The number of amides is 1. The number of nitrogens with one attached hydrogen (secondary N) is 1. The van der Waals surface area contributed by atoms with Crippen LogP contribution in [0.15, 0.2) is 59.5 Å². The van der Waals surface area contributed by atoms with E-state index >= 15 is 0 Å². The number of aliphatic hydroxyl groups excluding tert-OH is 1. The number of carbonyl (C=O) groups is 1. The minimum Gasteiger partial charge on any atom is -0.396 e. The number of aliphatic hydroxyl groups is 1. The second-order valence-corrected chi connectivity index (χ2v) is 6.26. The van der Waals surface area contributed by atoms with Gasteiger partial charge in [-0.25, -0.2) is 0 Å². The van der Waals surface area contributed by atoms with Crippen LogP contribution in [0, 0.1) is 0 Å². The van der Waals surface area contributed by atoms with Gasteiger partial charge in [-0.15, -0.1) is 11.8 Å². The second kappa shape index (κ2) is 8.61. The fraction of sp³-hybridized carbons (Fsp3) is 0.278. The van der Waals surface area contributed by atoms with Gasteiger partial charge in [0.05, 0.1) is 5.25 Å². The van der Waals surface area contributed by atoms with Gasteiger partial charge in [0.15, 0.2) is 0 Å². The van der Waals surface area contributed by atoms with Gasteiger partial charge in [-0.2, -0.15) is 0 Å². The first kappa shape index (κ1) is 16.6. The van der Waals surface area contributed by atoms with Crippen molar-refractivity contribution in [2.45, 2.75) is 29.9 Å². The van der Waals surface area contributed by atoms with Gasteiger partial charge in [0, 0.05) is 17.2 Å². The Kier molecular flexibility index (Phi) is 6.49. The van der Waals surface area contributed by atoms with Gasteiger partial charge in [0.1, 0.15) is 0 Å². The van der Waals surface area contributed by atoms with E-state index in [9.17, 15) is 4.79 Å². The van der Waals surface area contributed by atoms with Crippen molar-refractivity contribution in [3.8, 4) is 0 Å². The molecule has 0 aliphatic heterocycles. The summed E-state index contributed by atoms with van der Waals surface area (Å²) in [5.74, 6) is 0.0197. The van der Waals surface area contributed by atoms with Crippen LogP contribution in [0.2, 0.25) is 0 Å². The van der Waals surface area contributed by atoms with Gasteiger partial charge in [-0.3, -0.25) is 4.79 Å². The fourth-order valence-corrected chi connectivity index (χ4v) is 3.07. The summed E-state index contributed by atoms with van der Waals surface area (Å²) in [4.78, 5) is 13.5. The van der Waals surface area contributed by atoms with E-state index in [1.165, 1.54) is 0 Å². The standard InChI is InChI=1S/C18H21NO2S/c1-2-17(22-16-6-4-3-5-7-16)18(21)19-15-10-8-14(9-11-15)12-13-20/h3-11,17,20H,2,12-13H2,1H3,(H,19,21). The molecule has 2 rings (SSSR count). The van der Waals surface area contributed by atoms with Crippen molar-refractivity contribution in [2.24, 2.45) is 0 Å². The predicted octanol–water partition coefficient (Wildman–Crippen LogP) is 3.73. The molecule has 0 aliphatic rings. The van der Waals surface area contributed by atoms with E-state index in [4.69, 9.17) is 5.11 Å². The highest BCUT2D eigenvalue weighted by Gasteiger charge is 2.17. The molecule has 4 heteroatoms. The third-order valence-electron chi connectivity index (χ3n) is 3.31. The molecular formula is C18H21NO2S. The molecule has 22 heavy (non-hydrogen) atoms. The largest absolute Gasteiger partial charge is 0.396 e. The first-order valence-corrected chi connectivity index (χ1v) is 8.33. The summed E-state index contributed by atoms with van der Waals surface area (Å²) < 4.78 is 0. The lowest BCUT2D eigenvalue weighted by Gasteiger charge is -2.15. The number of hydrogen-bond acceptors (Lipinski definition) is 3. The fourth-order valence-electron chi connectivity index (χ4n) is 2.09. The maximum Gasteiger partial charge on any atom is 0.237 e. The zero-order valence-corrected chi connectivity index (χ0v) is 13.5. The van der Waals surface area contributed by atoms with E-state index in [1.807, 2.05) is 61.5 Å². The summed E-state index contributed by atoms with van der Waals surface area (Å²) in [6, 6.07) is 17.6. The summed E-state index contributed by atoms with van der Waals surface area (Å²) in [7, 11) is 0. The Morgan fingerprint density at radius 2 is 1.82 bits per heavy atom. The van der Waals surface area contributed by atoms with Crippen LogP contribution in [0.1, 0.15) is 18.9 Å². The molecule has 1 atom stereocenters. The normalized spacial score (nSPS) is 11.9. The lowest BCUT2D eigenvalue weighted by Crippen LogP contribution is -2.24. The van der Waals surface area contributed by atoms with Crippen LogP contribution < -0.4 is 5.32 Å². The maximum atomic E-state index is 12.4. The lowest BCUT2D eigenvalue weighted by molar-refractivity contribution is -0.115. The summed E-state index contributed by atoms with van der Waals surface area (Å²) >= 11 is 1.58. The van der Waals surface area contributed by atoms with Crippen LogP contribution in [-0.2, 0) is 11.2 Å². The van der Waals surface area contributed by atoms with Gasteiger partial charge in [0.25, 0.3) is 0 Å². The minimum absolute atomic E-state index is 0.0197. The Labute approximate surface area is 135 Å². The van der Waals surface area contributed by atoms with Gasteiger partial charge >= 0.3 is 0 Å². The van der Waals surface area contributed by atoms with Crippen molar-refractivity contribution >= 4 is 23.4 Å². The number of anilines is 1. The first-order valence-electron chi connectivity index (χ1n) is 7.45. The molecule has 116 valence electrons. The molecule has 0 bridgehead atoms. The number of rotatable bonds is 7. The van der Waals surface area contributed by atoms with Crippen LogP contribution in [0.4, 0.5) is 5.69 Å². The van der Waals surface area contributed by atoms with Crippen LogP contribution in [0.5, 0.6) is 0 Å². The molecule has 0 saturated carbocycles. The van der Waals surface area contributed by atoms with E-state index in [2.05, 4.69) is 5.32 Å². The topological polar surface area (TPSA) is 49.3 Å². The molecular weight excluding hydrogens is 294 g/mol. The van der Waals surface area contributed by atoms with Crippen LogP contribution in [0.25, 0.3) is 0 Å². The lowest BCUT2D eigenvalue weighted by atomic mass is 10.1. The van der Waals surface area contributed by atoms with Crippen LogP contribution in [-0.4, -0.2) is 22.9 Å². The molecule has 1 unspecified atom stereocenters. The number of benzene rings is 2. The highest BCUT2D eigenvalue weighted by molar-refractivity contribution is 8.00. The molecule has 0 fully saturated rings. The van der Waals surface area contributed by atoms with E-state index in [0.29, 0.717) is 6.42 Å². The van der Waals surface area contributed by atoms with Crippen LogP contribution >= 0.6 is 11.8 Å². The van der Waals surface area contributed by atoms with E-state index in [1.54, 1.807) is 11.8 Å². The molecule has 2 aromatic rings. The molecule has 2 aromatic carbocycles. The van der Waals surface area contributed by atoms with Crippen molar-refractivity contribution in [3.05, 3.63) is 60.2 Å². The molecule has 0 spiro atoms. The minimum atomic E-state index is -0.112. The Bertz CT molecular complexity index is 584. The molecule has 0 radical (unpaired) electrons. The molecule has 1 amide bonds. The Hall–Kier alpha value is -1.78. The Morgan fingerprint density at radius 3 is 2.41 bits per heavy atom. The van der Waals surface area contributed by atoms with Gasteiger partial charge in [-0.1, -0.05) is 37.3 Å². The molecule has 0 aromatic heterocycles. The van der Waals surface area contributed by atoms with Crippen molar-refractivity contribution in [1.29, 1.82) is 0 Å². The third kappa shape index (κ3) is 4.90. The number of hydrogen-bond donors (Lipinski definition) is 2. The SMILES string of the molecule is CCC(Sc1ccccc1)C(=O)Nc1ccc(CCO)cc1. The predicted molar refractivity (Wildman–Crippen MR) is 92.2 cm³/mol. The summed E-state index contributed by atoms with van der Waals surface area (Å²) in [5, 5.41) is 11.8. The van der Waals surface area contributed by atoms with Crippen molar-refractivity contribution in [2.75, 3.05) is 11.9 Å². The molecule has 3 nitrogen and oxygen atoms in total. The van der Waals surface area contributed by atoms with E-state index < -0.39 is 0 Å². The monoisotopic (exact) mass is 315 g/mol. The molecule has 0 saturated heterocycles. The number of thioether (sulfide) groups is 1. The molecule has 2 N–H and O–H groups in total. The zero-order valence-electron chi connectivity index (χ0n) is 12.7. The first-order chi connectivity index (χ1) is 10.7. The van der Waals surface area contributed by atoms with Gasteiger partial charge in [-0.05, 0) is 42.7 Å². The van der Waals surface area contributed by atoms with Gasteiger partial charge in [0.2, 0.25) is 5.91 Å². The third-order valence-corrected chi connectivity index (χ3v) is 4.68. The summed E-state index contributed by atoms with van der Waals surface area (Å²) in [6.07, 6.45) is 1.41. The highest BCUT2D eigenvalue weighted by atomic mass is 32.2. The highest BCUT2D eigenvalue weighted by Crippen LogP contribution is 2.26. The molecule has 0 aliphatic carbocycles. The summed E-state index contributed by atoms with van der Waals surface area (Å²) in [6.45, 7) is 2.15. The Morgan fingerprint density at radius 1 is 1.14 bits per heavy atom. The quantitative estimate of drug-likeness (QED) is 0.765. The van der Waals surface area contributed by atoms with E-state index in [-0.39, 0.29) is 17.8 Å². The van der Waals surface area contributed by atoms with Gasteiger partial charge < -0.3 is 10.4 Å². The number of carbonyl (C=O) groups excluding carboxylic acids is 1. The molecule has 0 heterocycles. The Balaban J connectivity index is 1.96. The average molecular weight is 315 g/mol. The summed E-state index contributed by atoms with van der Waals surface area (Å²) in [5.41, 5.74) is 1.85. The van der Waals surface area contributed by atoms with Crippen molar-refractivity contribution in [3.63, 3.8) is 0 Å². The average Bonchev–Trinajstić information content (AvgIpc) is 2.55.